The molecule has 1 aliphatic rings. The number of morpholine rings is 1. The number of hydrogen-bond acceptors (Lipinski definition) is 9. The molecule has 1 aliphatic heterocycles. The lowest BCUT2D eigenvalue weighted by Crippen LogP contribution is -2.40. The summed E-state index contributed by atoms with van der Waals surface area (Å²) in [5.41, 5.74) is 2.56. The molecule has 31 heavy (non-hydrogen) atoms. The molecule has 2 N–H and O–H groups in total. The number of nitro groups is 1. The number of nitro benzene ring substituents is 1. The molecule has 0 spiro atoms. The van der Waals surface area contributed by atoms with Gasteiger partial charge in [-0.15, -0.1) is 11.3 Å². The number of carboxylic acid groups (broad SMARTS) is 1. The molecule has 13 heteroatoms. The molecule has 0 aliphatic carbocycles. The van der Waals surface area contributed by atoms with Gasteiger partial charge in [0.1, 0.15) is 5.69 Å². The highest BCUT2D eigenvalue weighted by molar-refractivity contribution is 7.89. The van der Waals surface area contributed by atoms with Crippen LogP contribution in [0.4, 0.5) is 11.4 Å². The van der Waals surface area contributed by atoms with Crippen molar-refractivity contribution in [3.63, 3.8) is 0 Å². The fraction of sp³-hybridized carbons (Fsp3) is 0.333. The number of ether oxygens (including phenoxy) is 1. The Kier molecular flexibility index (Phi) is 7.33. The predicted molar refractivity (Wildman–Crippen MR) is 114 cm³/mol. The SMILES string of the molecule is O=C(O)CC/C(=N/Nc1ccc(S(=O)(=O)N2CCOCC2)cc1[N+](=O)[O-])c1cccs1. The van der Waals surface area contributed by atoms with Gasteiger partial charge in [-0.1, -0.05) is 6.07 Å². The van der Waals surface area contributed by atoms with Gasteiger partial charge in [0.2, 0.25) is 10.0 Å². The molecule has 0 unspecified atom stereocenters. The Morgan fingerprint density at radius 3 is 2.65 bits per heavy atom. The van der Waals surface area contributed by atoms with E-state index >= 15 is 0 Å². The molecule has 1 aromatic carbocycles. The van der Waals surface area contributed by atoms with Crippen LogP contribution in [0.15, 0.2) is 45.7 Å². The van der Waals surface area contributed by atoms with Gasteiger partial charge in [0.15, 0.2) is 0 Å². The molecule has 0 bridgehead atoms. The second-order valence-electron chi connectivity index (χ2n) is 6.49. The topological polar surface area (TPSA) is 151 Å². The monoisotopic (exact) mass is 468 g/mol. The molecule has 11 nitrogen and oxygen atoms in total. The summed E-state index contributed by atoms with van der Waals surface area (Å²) in [5.74, 6) is -0.993. The number of nitrogens with zero attached hydrogens (tertiary/aromatic N) is 3. The Balaban J connectivity index is 1.89. The lowest BCUT2D eigenvalue weighted by molar-refractivity contribution is -0.384. The summed E-state index contributed by atoms with van der Waals surface area (Å²) in [6.45, 7) is 0.872. The van der Waals surface area contributed by atoms with E-state index in [0.29, 0.717) is 5.71 Å². The van der Waals surface area contributed by atoms with E-state index in [0.717, 1.165) is 10.9 Å². The van der Waals surface area contributed by atoms with Crippen LogP contribution in [0.25, 0.3) is 0 Å². The van der Waals surface area contributed by atoms with E-state index in [-0.39, 0.29) is 49.7 Å². The minimum atomic E-state index is -3.90. The lowest BCUT2D eigenvalue weighted by Gasteiger charge is -2.26. The first-order chi connectivity index (χ1) is 14.8. The fourth-order valence-electron chi connectivity index (χ4n) is 2.88. The number of nitrogens with one attached hydrogen (secondary N) is 1. The molecule has 0 amide bonds. The van der Waals surface area contributed by atoms with Crippen molar-refractivity contribution in [3.05, 3.63) is 50.7 Å². The van der Waals surface area contributed by atoms with Crippen molar-refractivity contribution < 1.29 is 28.0 Å². The molecule has 1 saturated heterocycles. The van der Waals surface area contributed by atoms with Crippen molar-refractivity contribution in [1.29, 1.82) is 0 Å². The summed E-state index contributed by atoms with van der Waals surface area (Å²) in [4.78, 5) is 22.3. The Bertz CT molecular complexity index is 1080. The van der Waals surface area contributed by atoms with Gasteiger partial charge in [-0.05, 0) is 23.6 Å². The van der Waals surface area contributed by atoms with E-state index in [1.807, 2.05) is 0 Å². The van der Waals surface area contributed by atoms with Gasteiger partial charge in [-0.25, -0.2) is 8.42 Å². The molecule has 2 heterocycles. The van der Waals surface area contributed by atoms with Crippen molar-refractivity contribution in [2.75, 3.05) is 31.7 Å². The predicted octanol–water partition coefficient (Wildman–Crippen LogP) is 2.36. The zero-order chi connectivity index (χ0) is 22.4. The van der Waals surface area contributed by atoms with E-state index in [4.69, 9.17) is 9.84 Å². The zero-order valence-corrected chi connectivity index (χ0v) is 17.9. The summed E-state index contributed by atoms with van der Waals surface area (Å²) in [6, 6.07) is 7.09. The number of rotatable bonds is 9. The van der Waals surface area contributed by atoms with Crippen molar-refractivity contribution in [2.24, 2.45) is 5.10 Å². The third kappa shape index (κ3) is 5.64. The van der Waals surface area contributed by atoms with Crippen LogP contribution in [0.1, 0.15) is 17.7 Å². The summed E-state index contributed by atoms with van der Waals surface area (Å²) in [6.07, 6.45) is -0.0304. The second kappa shape index (κ2) is 9.96. The van der Waals surface area contributed by atoms with Gasteiger partial charge in [-0.2, -0.15) is 9.41 Å². The first-order valence-electron chi connectivity index (χ1n) is 9.23. The minimum absolute atomic E-state index is 0.00434. The number of carbonyl (C=O) groups is 1. The third-order valence-corrected chi connectivity index (χ3v) is 7.28. The maximum Gasteiger partial charge on any atom is 0.303 e. The van der Waals surface area contributed by atoms with Crippen LogP contribution in [-0.2, 0) is 19.6 Å². The van der Waals surface area contributed by atoms with Crippen molar-refractivity contribution >= 4 is 44.4 Å². The number of carboxylic acids is 1. The van der Waals surface area contributed by atoms with Crippen LogP contribution >= 0.6 is 11.3 Å². The summed E-state index contributed by atoms with van der Waals surface area (Å²) in [7, 11) is -3.90. The molecular weight excluding hydrogens is 448 g/mol. The van der Waals surface area contributed by atoms with Crippen LogP contribution in [0, 0.1) is 10.1 Å². The van der Waals surface area contributed by atoms with E-state index in [1.54, 1.807) is 17.5 Å². The quantitative estimate of drug-likeness (QED) is 0.323. The number of sulfonamides is 1. The van der Waals surface area contributed by atoms with Crippen molar-refractivity contribution in [2.45, 2.75) is 17.7 Å². The van der Waals surface area contributed by atoms with Crippen LogP contribution in [-0.4, -0.2) is 60.7 Å². The molecule has 0 saturated carbocycles. The Labute approximate surface area is 182 Å². The highest BCUT2D eigenvalue weighted by Crippen LogP contribution is 2.29. The average Bonchev–Trinajstić information content (AvgIpc) is 3.28. The number of thiophene rings is 1. The average molecular weight is 469 g/mol. The Morgan fingerprint density at radius 2 is 2.03 bits per heavy atom. The number of benzene rings is 1. The molecule has 1 aromatic heterocycles. The fourth-order valence-corrected chi connectivity index (χ4v) is 5.06. The molecule has 2 aromatic rings. The lowest BCUT2D eigenvalue weighted by atomic mass is 10.2. The largest absolute Gasteiger partial charge is 0.481 e. The summed E-state index contributed by atoms with van der Waals surface area (Å²) < 4.78 is 32.0. The van der Waals surface area contributed by atoms with Crippen LogP contribution in [0.2, 0.25) is 0 Å². The minimum Gasteiger partial charge on any atom is -0.481 e. The maximum absolute atomic E-state index is 12.8. The van der Waals surface area contributed by atoms with Gasteiger partial charge < -0.3 is 9.84 Å². The van der Waals surface area contributed by atoms with E-state index < -0.39 is 26.6 Å². The van der Waals surface area contributed by atoms with Crippen LogP contribution in [0.5, 0.6) is 0 Å². The van der Waals surface area contributed by atoms with Gasteiger partial charge in [0.05, 0.1) is 40.0 Å². The molecule has 0 radical (unpaired) electrons. The number of aliphatic carboxylic acids is 1. The number of hydrogen-bond donors (Lipinski definition) is 2. The van der Waals surface area contributed by atoms with E-state index in [9.17, 15) is 23.3 Å². The second-order valence-corrected chi connectivity index (χ2v) is 9.38. The van der Waals surface area contributed by atoms with Crippen LogP contribution in [0.3, 0.4) is 0 Å². The van der Waals surface area contributed by atoms with Gasteiger partial charge in [0.25, 0.3) is 5.69 Å². The number of hydrazone groups is 1. The van der Waals surface area contributed by atoms with Crippen molar-refractivity contribution in [3.8, 4) is 0 Å². The summed E-state index contributed by atoms with van der Waals surface area (Å²) >= 11 is 1.36. The first kappa shape index (κ1) is 22.8. The molecule has 0 atom stereocenters. The molecule has 3 rings (SSSR count). The third-order valence-electron chi connectivity index (χ3n) is 4.47. The normalized spacial score (nSPS) is 15.5. The van der Waals surface area contributed by atoms with Gasteiger partial charge in [0, 0.05) is 25.6 Å². The number of anilines is 1. The standard InChI is InChI=1S/C18H20N4O7S2/c23-18(24)6-5-15(17-2-1-11-30-17)20-19-14-4-3-13(12-16(14)22(25)26)31(27,28)21-7-9-29-10-8-21/h1-4,11-12,19H,5-10H2,(H,23,24)/b20-15-. The molecule has 1 fully saturated rings. The maximum atomic E-state index is 12.8. The van der Waals surface area contributed by atoms with E-state index in [2.05, 4.69) is 10.5 Å². The molecular formula is C18H20N4O7S2. The van der Waals surface area contributed by atoms with E-state index in [1.165, 1.54) is 27.8 Å². The summed E-state index contributed by atoms with van der Waals surface area (Å²) in [5, 5.41) is 26.5. The Hall–Kier alpha value is -2.87. The zero-order valence-electron chi connectivity index (χ0n) is 16.3. The first-order valence-corrected chi connectivity index (χ1v) is 11.6. The van der Waals surface area contributed by atoms with Gasteiger partial charge >= 0.3 is 5.97 Å². The van der Waals surface area contributed by atoms with Crippen molar-refractivity contribution in [1.82, 2.24) is 4.31 Å². The van der Waals surface area contributed by atoms with Gasteiger partial charge in [-0.3, -0.25) is 20.3 Å². The Morgan fingerprint density at radius 1 is 1.29 bits per heavy atom. The smallest absolute Gasteiger partial charge is 0.303 e. The van der Waals surface area contributed by atoms with Crippen LogP contribution < -0.4 is 5.43 Å². The highest BCUT2D eigenvalue weighted by Gasteiger charge is 2.29. The highest BCUT2D eigenvalue weighted by atomic mass is 32.2. The molecule has 166 valence electrons.